The van der Waals surface area contributed by atoms with Crippen molar-refractivity contribution < 1.29 is 32.3 Å². The van der Waals surface area contributed by atoms with Crippen molar-refractivity contribution in [1.29, 1.82) is 0 Å². The monoisotopic (exact) mass is 461 g/mol. The summed E-state index contributed by atoms with van der Waals surface area (Å²) in [6, 6.07) is 9.94. The van der Waals surface area contributed by atoms with Crippen LogP contribution in [0.5, 0.6) is 5.75 Å². The van der Waals surface area contributed by atoms with Crippen LogP contribution < -0.4 is 20.1 Å². The van der Waals surface area contributed by atoms with Gasteiger partial charge in [0.25, 0.3) is 15.9 Å². The van der Waals surface area contributed by atoms with Crippen molar-refractivity contribution in [3.8, 4) is 5.75 Å². The van der Waals surface area contributed by atoms with Crippen LogP contribution in [0.1, 0.15) is 29.3 Å². The van der Waals surface area contributed by atoms with Crippen LogP contribution in [-0.4, -0.2) is 46.1 Å². The molecule has 0 spiro atoms. The molecule has 170 valence electrons. The SMILES string of the molecule is COc1ccc(C(=O)O[C@@H](C)C(=O)NC(N)=O)cc1S(=O)(=O)N1CCCc2ccccc21. The first-order valence-corrected chi connectivity index (χ1v) is 11.2. The van der Waals surface area contributed by atoms with Crippen LogP contribution in [0.25, 0.3) is 0 Å². The zero-order chi connectivity index (χ0) is 23.5. The van der Waals surface area contributed by atoms with Gasteiger partial charge in [0.05, 0.1) is 18.4 Å². The lowest BCUT2D eigenvalue weighted by atomic mass is 10.0. The number of methoxy groups -OCH3 is 1. The number of nitrogens with zero attached hydrogens (tertiary/aromatic N) is 1. The highest BCUT2D eigenvalue weighted by Crippen LogP contribution is 2.35. The van der Waals surface area contributed by atoms with Crippen LogP contribution in [0.3, 0.4) is 0 Å². The number of urea groups is 1. The number of anilines is 1. The number of ether oxygens (including phenoxy) is 2. The highest BCUT2D eigenvalue weighted by molar-refractivity contribution is 7.93. The number of nitrogens with two attached hydrogens (primary N) is 1. The van der Waals surface area contributed by atoms with Crippen molar-refractivity contribution in [1.82, 2.24) is 5.32 Å². The van der Waals surface area contributed by atoms with E-state index in [2.05, 4.69) is 0 Å². The summed E-state index contributed by atoms with van der Waals surface area (Å²) in [6.45, 7) is 1.53. The fraction of sp³-hybridized carbons (Fsp3) is 0.286. The van der Waals surface area contributed by atoms with Gasteiger partial charge in [-0.05, 0) is 49.6 Å². The van der Waals surface area contributed by atoms with Gasteiger partial charge in [-0.15, -0.1) is 0 Å². The number of hydrogen-bond acceptors (Lipinski definition) is 7. The van der Waals surface area contributed by atoms with E-state index >= 15 is 0 Å². The molecule has 0 aliphatic carbocycles. The van der Waals surface area contributed by atoms with Crippen LogP contribution in [-0.2, 0) is 26.0 Å². The molecule has 0 fully saturated rings. The Hall–Kier alpha value is -3.60. The van der Waals surface area contributed by atoms with Crippen LogP contribution in [0.15, 0.2) is 47.4 Å². The van der Waals surface area contributed by atoms with Crippen molar-refractivity contribution >= 4 is 33.6 Å². The summed E-state index contributed by atoms with van der Waals surface area (Å²) in [4.78, 5) is 34.9. The molecule has 1 aliphatic rings. The molecule has 3 amide bonds. The van der Waals surface area contributed by atoms with Gasteiger partial charge in [0.1, 0.15) is 10.6 Å². The predicted molar refractivity (Wildman–Crippen MR) is 115 cm³/mol. The molecule has 2 aromatic rings. The highest BCUT2D eigenvalue weighted by atomic mass is 32.2. The molecule has 0 saturated heterocycles. The smallest absolute Gasteiger partial charge is 0.338 e. The molecule has 1 heterocycles. The Morgan fingerprint density at radius 3 is 2.56 bits per heavy atom. The van der Waals surface area contributed by atoms with E-state index in [0.29, 0.717) is 12.1 Å². The Kier molecular flexibility index (Phi) is 6.68. The standard InChI is InChI=1S/C21H23N3O7S/c1-13(19(25)23-21(22)27)31-20(26)15-9-10-17(30-2)18(12-15)32(28,29)24-11-5-7-14-6-3-4-8-16(14)24/h3-4,6,8-10,12-13H,5,7,11H2,1-2H3,(H3,22,23,25,27)/t13-/m0/s1. The van der Waals surface area contributed by atoms with Crippen LogP contribution in [0.4, 0.5) is 10.5 Å². The zero-order valence-electron chi connectivity index (χ0n) is 17.5. The number of para-hydroxylation sites is 1. The Morgan fingerprint density at radius 2 is 1.88 bits per heavy atom. The molecule has 0 unspecified atom stereocenters. The predicted octanol–water partition coefficient (Wildman–Crippen LogP) is 1.58. The fourth-order valence-corrected chi connectivity index (χ4v) is 5.10. The lowest BCUT2D eigenvalue weighted by Gasteiger charge is -2.31. The van der Waals surface area contributed by atoms with E-state index in [0.717, 1.165) is 18.1 Å². The van der Waals surface area contributed by atoms with Crippen molar-refractivity contribution in [2.75, 3.05) is 18.0 Å². The number of fused-ring (bicyclic) bond motifs is 1. The van der Waals surface area contributed by atoms with Gasteiger partial charge in [-0.25, -0.2) is 18.0 Å². The molecular formula is C21H23N3O7S. The minimum Gasteiger partial charge on any atom is -0.495 e. The van der Waals surface area contributed by atoms with Gasteiger partial charge in [-0.1, -0.05) is 18.2 Å². The van der Waals surface area contributed by atoms with Gasteiger partial charge in [0.15, 0.2) is 6.10 Å². The lowest BCUT2D eigenvalue weighted by molar-refractivity contribution is -0.127. The van der Waals surface area contributed by atoms with Gasteiger partial charge < -0.3 is 15.2 Å². The van der Waals surface area contributed by atoms with E-state index in [1.807, 2.05) is 12.1 Å². The minimum atomic E-state index is -4.07. The van der Waals surface area contributed by atoms with E-state index in [9.17, 15) is 22.8 Å². The third-order valence-corrected chi connectivity index (χ3v) is 6.77. The molecule has 0 saturated carbocycles. The first-order valence-electron chi connectivity index (χ1n) is 9.75. The average Bonchev–Trinajstić information content (AvgIpc) is 2.77. The number of aryl methyl sites for hydroxylation is 1. The average molecular weight is 461 g/mol. The summed E-state index contributed by atoms with van der Waals surface area (Å²) < 4.78 is 38.6. The Morgan fingerprint density at radius 1 is 1.16 bits per heavy atom. The van der Waals surface area contributed by atoms with Crippen molar-refractivity contribution in [3.63, 3.8) is 0 Å². The molecule has 2 aromatic carbocycles. The van der Waals surface area contributed by atoms with Gasteiger partial charge in [0, 0.05) is 6.54 Å². The number of carbonyl (C=O) groups is 3. The topological polar surface area (TPSA) is 145 Å². The molecule has 0 bridgehead atoms. The molecular weight excluding hydrogens is 438 g/mol. The van der Waals surface area contributed by atoms with Crippen LogP contribution in [0, 0.1) is 0 Å². The molecule has 3 N–H and O–H groups in total. The molecule has 0 aromatic heterocycles. The van der Waals surface area contributed by atoms with E-state index in [1.165, 1.54) is 30.5 Å². The van der Waals surface area contributed by atoms with Crippen molar-refractivity contribution in [3.05, 3.63) is 53.6 Å². The van der Waals surface area contributed by atoms with Gasteiger partial charge in [-0.3, -0.25) is 14.4 Å². The summed E-state index contributed by atoms with van der Waals surface area (Å²) in [6.07, 6.45) is 0.0788. The molecule has 11 heteroatoms. The Bertz CT molecular complexity index is 1160. The summed E-state index contributed by atoms with van der Waals surface area (Å²) >= 11 is 0. The fourth-order valence-electron chi connectivity index (χ4n) is 3.38. The summed E-state index contributed by atoms with van der Waals surface area (Å²) in [5.74, 6) is -1.79. The first kappa shape index (κ1) is 23.1. The molecule has 1 atom stereocenters. The maximum Gasteiger partial charge on any atom is 0.338 e. The summed E-state index contributed by atoms with van der Waals surface area (Å²) in [5, 5.41) is 1.81. The maximum atomic E-state index is 13.5. The number of benzene rings is 2. The maximum absolute atomic E-state index is 13.5. The quantitative estimate of drug-likeness (QED) is 0.621. The lowest BCUT2D eigenvalue weighted by Crippen LogP contribution is -2.42. The van der Waals surface area contributed by atoms with Crippen molar-refractivity contribution in [2.24, 2.45) is 5.73 Å². The second-order valence-corrected chi connectivity index (χ2v) is 8.91. The molecule has 3 rings (SSSR count). The van der Waals surface area contributed by atoms with Crippen LogP contribution in [0.2, 0.25) is 0 Å². The van der Waals surface area contributed by atoms with Gasteiger partial charge in [-0.2, -0.15) is 0 Å². The number of primary amides is 1. The Balaban J connectivity index is 1.94. The third kappa shape index (κ3) is 4.67. The van der Waals surface area contributed by atoms with E-state index in [4.69, 9.17) is 15.2 Å². The number of sulfonamides is 1. The molecule has 0 radical (unpaired) electrons. The van der Waals surface area contributed by atoms with Crippen LogP contribution >= 0.6 is 0 Å². The highest BCUT2D eigenvalue weighted by Gasteiger charge is 2.32. The van der Waals surface area contributed by atoms with Crippen molar-refractivity contribution in [2.45, 2.75) is 30.8 Å². The summed E-state index contributed by atoms with van der Waals surface area (Å²) in [5.41, 5.74) is 6.26. The second-order valence-electron chi connectivity index (χ2n) is 7.08. The summed E-state index contributed by atoms with van der Waals surface area (Å²) in [7, 11) is -2.75. The van der Waals surface area contributed by atoms with E-state index in [-0.39, 0.29) is 22.8 Å². The Labute approximate surface area is 185 Å². The second kappa shape index (κ2) is 9.27. The molecule has 32 heavy (non-hydrogen) atoms. The van der Waals surface area contributed by atoms with Gasteiger partial charge >= 0.3 is 12.0 Å². The number of hydrogen-bond donors (Lipinski definition) is 2. The zero-order valence-corrected chi connectivity index (χ0v) is 18.3. The number of carbonyl (C=O) groups excluding carboxylic acids is 3. The number of nitrogens with one attached hydrogen (secondary N) is 1. The molecule has 1 aliphatic heterocycles. The van der Waals surface area contributed by atoms with E-state index < -0.39 is 34.0 Å². The number of esters is 1. The first-order chi connectivity index (χ1) is 15.1. The number of imide groups is 1. The largest absolute Gasteiger partial charge is 0.495 e. The van der Waals surface area contributed by atoms with Gasteiger partial charge in [0.2, 0.25) is 0 Å². The normalized spacial score (nSPS) is 14.1. The minimum absolute atomic E-state index is 0.0594. The number of rotatable bonds is 6. The van der Waals surface area contributed by atoms with E-state index in [1.54, 1.807) is 17.4 Å². The third-order valence-electron chi connectivity index (χ3n) is 4.93. The molecule has 10 nitrogen and oxygen atoms in total. The number of amides is 3.